The minimum absolute atomic E-state index is 0.155. The van der Waals surface area contributed by atoms with Crippen molar-refractivity contribution in [3.05, 3.63) is 66.5 Å². The molecule has 1 aliphatic rings. The number of nitrogens with one attached hydrogen (secondary N) is 3. The SMILES string of the molecule is O=C(c1nc(Nc2cc(-c3ccccc3)[nH]n2)c2ccccc2n1)N1CCNCC1. The Morgan fingerprint density at radius 1 is 0.967 bits per heavy atom. The number of piperazine rings is 1. The topological polar surface area (TPSA) is 98.8 Å². The summed E-state index contributed by atoms with van der Waals surface area (Å²) in [6, 6.07) is 19.5. The van der Waals surface area contributed by atoms with Gasteiger partial charge in [-0.1, -0.05) is 42.5 Å². The molecule has 0 saturated carbocycles. The molecule has 150 valence electrons. The second kappa shape index (κ2) is 7.92. The molecule has 2 aromatic heterocycles. The highest BCUT2D eigenvalue weighted by atomic mass is 16.2. The lowest BCUT2D eigenvalue weighted by atomic mass is 10.1. The van der Waals surface area contributed by atoms with Crippen LogP contribution in [0.3, 0.4) is 0 Å². The van der Waals surface area contributed by atoms with Crippen molar-refractivity contribution in [2.45, 2.75) is 0 Å². The van der Waals surface area contributed by atoms with Crippen molar-refractivity contribution < 1.29 is 4.79 Å². The number of hydrogen-bond donors (Lipinski definition) is 3. The molecule has 0 spiro atoms. The second-order valence-corrected chi connectivity index (χ2v) is 7.11. The first-order chi connectivity index (χ1) is 14.8. The largest absolute Gasteiger partial charge is 0.333 e. The van der Waals surface area contributed by atoms with Gasteiger partial charge in [-0.25, -0.2) is 9.97 Å². The lowest BCUT2D eigenvalue weighted by molar-refractivity contribution is 0.0724. The summed E-state index contributed by atoms with van der Waals surface area (Å²) in [5.41, 5.74) is 2.65. The lowest BCUT2D eigenvalue weighted by Gasteiger charge is -2.26. The van der Waals surface area contributed by atoms with E-state index in [1.807, 2.05) is 60.7 Å². The Hall–Kier alpha value is -3.78. The summed E-state index contributed by atoms with van der Waals surface area (Å²) in [4.78, 5) is 23.8. The molecule has 0 bridgehead atoms. The fourth-order valence-electron chi connectivity index (χ4n) is 3.55. The van der Waals surface area contributed by atoms with Crippen LogP contribution in [0.2, 0.25) is 0 Å². The highest BCUT2D eigenvalue weighted by Gasteiger charge is 2.22. The van der Waals surface area contributed by atoms with E-state index in [9.17, 15) is 4.79 Å². The molecular weight excluding hydrogens is 378 g/mol. The third-order valence-electron chi connectivity index (χ3n) is 5.11. The van der Waals surface area contributed by atoms with Gasteiger partial charge in [0, 0.05) is 37.6 Å². The van der Waals surface area contributed by atoms with Gasteiger partial charge < -0.3 is 15.5 Å². The van der Waals surface area contributed by atoms with E-state index in [0.717, 1.165) is 29.7 Å². The third kappa shape index (κ3) is 3.60. The van der Waals surface area contributed by atoms with Gasteiger partial charge in [0.25, 0.3) is 5.91 Å². The molecule has 2 aromatic carbocycles. The molecule has 5 rings (SSSR count). The molecule has 3 heterocycles. The van der Waals surface area contributed by atoms with Gasteiger partial charge >= 0.3 is 0 Å². The zero-order valence-electron chi connectivity index (χ0n) is 16.3. The van der Waals surface area contributed by atoms with Gasteiger partial charge in [0.1, 0.15) is 5.82 Å². The monoisotopic (exact) mass is 399 g/mol. The van der Waals surface area contributed by atoms with E-state index in [1.54, 1.807) is 4.90 Å². The van der Waals surface area contributed by atoms with E-state index < -0.39 is 0 Å². The standard InChI is InChI=1S/C22H21N7O/c30-22(29-12-10-23-11-13-29)21-24-17-9-5-4-8-16(17)20(26-21)25-19-14-18(27-28-19)15-6-2-1-3-7-15/h1-9,14,23H,10-13H2,(H2,24,25,26,27,28). The molecule has 0 unspecified atom stereocenters. The second-order valence-electron chi connectivity index (χ2n) is 7.11. The first-order valence-electron chi connectivity index (χ1n) is 9.92. The van der Waals surface area contributed by atoms with Crippen molar-refractivity contribution in [3.63, 3.8) is 0 Å². The fraction of sp³-hybridized carbons (Fsp3) is 0.182. The number of anilines is 2. The van der Waals surface area contributed by atoms with E-state index in [2.05, 4.69) is 30.8 Å². The van der Waals surface area contributed by atoms with Gasteiger partial charge in [-0.2, -0.15) is 5.10 Å². The van der Waals surface area contributed by atoms with Crippen LogP contribution in [0.25, 0.3) is 22.2 Å². The molecule has 1 amide bonds. The average molecular weight is 399 g/mol. The molecule has 30 heavy (non-hydrogen) atoms. The summed E-state index contributed by atoms with van der Waals surface area (Å²) in [6.07, 6.45) is 0. The van der Waals surface area contributed by atoms with Crippen LogP contribution >= 0.6 is 0 Å². The number of H-pyrrole nitrogens is 1. The molecule has 8 heteroatoms. The normalized spacial score (nSPS) is 14.1. The molecule has 1 fully saturated rings. The molecule has 0 atom stereocenters. The Kier molecular flexibility index (Phi) is 4.82. The molecule has 3 N–H and O–H groups in total. The Morgan fingerprint density at radius 3 is 2.57 bits per heavy atom. The molecule has 1 saturated heterocycles. The van der Waals surface area contributed by atoms with Crippen molar-refractivity contribution in [2.24, 2.45) is 0 Å². The maximum absolute atomic E-state index is 13.0. The summed E-state index contributed by atoms with van der Waals surface area (Å²) < 4.78 is 0. The summed E-state index contributed by atoms with van der Waals surface area (Å²) in [5, 5.41) is 14.7. The average Bonchev–Trinajstić information content (AvgIpc) is 3.28. The summed E-state index contributed by atoms with van der Waals surface area (Å²) >= 11 is 0. The zero-order chi connectivity index (χ0) is 20.3. The number of fused-ring (bicyclic) bond motifs is 1. The van der Waals surface area contributed by atoms with E-state index in [4.69, 9.17) is 0 Å². The van der Waals surface area contributed by atoms with Gasteiger partial charge in [0.15, 0.2) is 5.82 Å². The number of para-hydroxylation sites is 1. The minimum atomic E-state index is -0.155. The smallest absolute Gasteiger partial charge is 0.291 e. The fourth-order valence-corrected chi connectivity index (χ4v) is 3.55. The van der Waals surface area contributed by atoms with Crippen LogP contribution in [0.15, 0.2) is 60.7 Å². The number of rotatable bonds is 4. The Labute approximate surface area is 173 Å². The van der Waals surface area contributed by atoms with E-state index in [0.29, 0.717) is 30.2 Å². The van der Waals surface area contributed by atoms with Gasteiger partial charge in [0.2, 0.25) is 5.82 Å². The van der Waals surface area contributed by atoms with Crippen LogP contribution in [0.4, 0.5) is 11.6 Å². The molecule has 0 radical (unpaired) electrons. The molecule has 1 aliphatic heterocycles. The van der Waals surface area contributed by atoms with Crippen molar-refractivity contribution in [2.75, 3.05) is 31.5 Å². The van der Waals surface area contributed by atoms with Gasteiger partial charge in [-0.15, -0.1) is 0 Å². The van der Waals surface area contributed by atoms with E-state index in [1.165, 1.54) is 0 Å². The number of amides is 1. The summed E-state index contributed by atoms with van der Waals surface area (Å²) in [7, 11) is 0. The number of aromatic amines is 1. The van der Waals surface area contributed by atoms with Gasteiger partial charge in [-0.3, -0.25) is 9.89 Å². The number of carbonyl (C=O) groups is 1. The number of benzene rings is 2. The summed E-state index contributed by atoms with van der Waals surface area (Å²) in [5.74, 6) is 1.22. The molecule has 8 nitrogen and oxygen atoms in total. The molecule has 4 aromatic rings. The number of aromatic nitrogens is 4. The first kappa shape index (κ1) is 18.3. The van der Waals surface area contributed by atoms with Crippen LogP contribution < -0.4 is 10.6 Å². The maximum atomic E-state index is 13.0. The number of hydrogen-bond acceptors (Lipinski definition) is 6. The summed E-state index contributed by atoms with van der Waals surface area (Å²) in [6.45, 7) is 2.86. The van der Waals surface area contributed by atoms with Crippen LogP contribution in [0.5, 0.6) is 0 Å². The number of nitrogens with zero attached hydrogens (tertiary/aromatic N) is 4. The van der Waals surface area contributed by atoms with Crippen molar-refractivity contribution in [3.8, 4) is 11.3 Å². The molecule has 0 aliphatic carbocycles. The molecular formula is C22H21N7O. The van der Waals surface area contributed by atoms with Crippen LogP contribution in [0.1, 0.15) is 10.6 Å². The highest BCUT2D eigenvalue weighted by molar-refractivity contribution is 5.97. The first-order valence-corrected chi connectivity index (χ1v) is 9.92. The zero-order valence-corrected chi connectivity index (χ0v) is 16.3. The third-order valence-corrected chi connectivity index (χ3v) is 5.11. The predicted octanol–water partition coefficient (Wildman–Crippen LogP) is 2.81. The van der Waals surface area contributed by atoms with E-state index >= 15 is 0 Å². The van der Waals surface area contributed by atoms with Crippen molar-refractivity contribution in [1.29, 1.82) is 0 Å². The number of carbonyl (C=O) groups excluding carboxylic acids is 1. The van der Waals surface area contributed by atoms with Crippen LogP contribution in [-0.2, 0) is 0 Å². The Bertz CT molecular complexity index is 1180. The van der Waals surface area contributed by atoms with Gasteiger partial charge in [-0.05, 0) is 17.7 Å². The Morgan fingerprint density at radius 2 is 1.73 bits per heavy atom. The van der Waals surface area contributed by atoms with Crippen LogP contribution in [-0.4, -0.2) is 57.2 Å². The van der Waals surface area contributed by atoms with Gasteiger partial charge in [0.05, 0.1) is 11.2 Å². The van der Waals surface area contributed by atoms with Crippen molar-refractivity contribution in [1.82, 2.24) is 30.4 Å². The van der Waals surface area contributed by atoms with Crippen LogP contribution in [0, 0.1) is 0 Å². The lowest BCUT2D eigenvalue weighted by Crippen LogP contribution is -2.46. The quantitative estimate of drug-likeness (QED) is 0.488. The maximum Gasteiger partial charge on any atom is 0.291 e. The van der Waals surface area contributed by atoms with E-state index in [-0.39, 0.29) is 11.7 Å². The van der Waals surface area contributed by atoms with Crippen molar-refractivity contribution >= 4 is 28.4 Å². The Balaban J connectivity index is 1.49. The predicted molar refractivity (Wildman–Crippen MR) is 116 cm³/mol. The minimum Gasteiger partial charge on any atom is -0.333 e. The highest BCUT2D eigenvalue weighted by Crippen LogP contribution is 2.26.